The van der Waals surface area contributed by atoms with Gasteiger partial charge in [0.2, 0.25) is 0 Å². The number of nitrogens with one attached hydrogen (secondary N) is 1. The zero-order chi connectivity index (χ0) is 20.3. The molecule has 0 bridgehead atoms. The second-order valence-electron chi connectivity index (χ2n) is 7.64. The van der Waals surface area contributed by atoms with E-state index in [9.17, 15) is 0 Å². The quantitative estimate of drug-likeness (QED) is 0.415. The van der Waals surface area contributed by atoms with E-state index in [-0.39, 0.29) is 0 Å². The minimum atomic E-state index is 0.664. The minimum absolute atomic E-state index is 0.664. The maximum absolute atomic E-state index is 5.85. The highest BCUT2D eigenvalue weighted by molar-refractivity contribution is 5.47. The molecule has 29 heavy (non-hydrogen) atoms. The zero-order valence-corrected chi connectivity index (χ0v) is 17.4. The summed E-state index contributed by atoms with van der Waals surface area (Å²) in [5.74, 6) is 2.50. The summed E-state index contributed by atoms with van der Waals surface area (Å²) in [6.45, 7) is 6.65. The van der Waals surface area contributed by atoms with Crippen LogP contribution in [0.25, 0.3) is 0 Å². The second-order valence-corrected chi connectivity index (χ2v) is 7.64. The fraction of sp³-hybridized carbons (Fsp3) is 0.308. The first-order chi connectivity index (χ1) is 14.2. The van der Waals surface area contributed by atoms with E-state index in [4.69, 9.17) is 9.47 Å². The van der Waals surface area contributed by atoms with Crippen molar-refractivity contribution in [3.63, 3.8) is 0 Å². The molecule has 0 amide bonds. The predicted molar refractivity (Wildman–Crippen MR) is 121 cm³/mol. The minimum Gasteiger partial charge on any atom is -0.494 e. The van der Waals surface area contributed by atoms with E-state index in [1.165, 1.54) is 11.1 Å². The summed E-state index contributed by atoms with van der Waals surface area (Å²) in [6.07, 6.45) is 1.99. The molecule has 3 nitrogen and oxygen atoms in total. The van der Waals surface area contributed by atoms with Crippen molar-refractivity contribution in [2.24, 2.45) is 5.92 Å². The highest BCUT2D eigenvalue weighted by atomic mass is 16.5. The van der Waals surface area contributed by atoms with Gasteiger partial charge >= 0.3 is 0 Å². The Morgan fingerprint density at radius 1 is 0.690 bits per heavy atom. The molecule has 0 aliphatic heterocycles. The van der Waals surface area contributed by atoms with Gasteiger partial charge in [-0.25, -0.2) is 0 Å². The van der Waals surface area contributed by atoms with Crippen molar-refractivity contribution in [3.8, 4) is 11.5 Å². The lowest BCUT2D eigenvalue weighted by molar-refractivity contribution is 0.289. The van der Waals surface area contributed by atoms with Crippen molar-refractivity contribution in [2.45, 2.75) is 33.2 Å². The van der Waals surface area contributed by atoms with Crippen LogP contribution in [0.1, 0.15) is 31.4 Å². The van der Waals surface area contributed by atoms with Crippen LogP contribution < -0.4 is 14.8 Å². The van der Waals surface area contributed by atoms with Crippen LogP contribution in [0, 0.1) is 5.92 Å². The zero-order valence-electron chi connectivity index (χ0n) is 17.4. The SMILES string of the molecule is CC(C)CCOc1ccc(NCc2ccc(OCCc3ccccc3)cc2)cc1. The lowest BCUT2D eigenvalue weighted by Gasteiger charge is -2.11. The fourth-order valence-electron chi connectivity index (χ4n) is 2.92. The average Bonchev–Trinajstić information content (AvgIpc) is 2.75. The summed E-state index contributed by atoms with van der Waals surface area (Å²) >= 11 is 0. The first-order valence-electron chi connectivity index (χ1n) is 10.4. The number of rotatable bonds is 11. The topological polar surface area (TPSA) is 30.5 Å². The largest absolute Gasteiger partial charge is 0.494 e. The van der Waals surface area contributed by atoms with Gasteiger partial charge in [-0.1, -0.05) is 56.3 Å². The van der Waals surface area contributed by atoms with Crippen molar-refractivity contribution < 1.29 is 9.47 Å². The van der Waals surface area contributed by atoms with Gasteiger partial charge in [-0.2, -0.15) is 0 Å². The van der Waals surface area contributed by atoms with Crippen molar-refractivity contribution in [1.82, 2.24) is 0 Å². The summed E-state index contributed by atoms with van der Waals surface area (Å²) < 4.78 is 11.6. The Bertz CT molecular complexity index is 827. The van der Waals surface area contributed by atoms with E-state index in [1.807, 2.05) is 30.3 Å². The molecule has 0 aliphatic carbocycles. The van der Waals surface area contributed by atoms with Crippen LogP contribution in [0.15, 0.2) is 78.9 Å². The van der Waals surface area contributed by atoms with Crippen LogP contribution in [-0.4, -0.2) is 13.2 Å². The summed E-state index contributed by atoms with van der Waals surface area (Å²) in [4.78, 5) is 0. The van der Waals surface area contributed by atoms with E-state index in [1.54, 1.807) is 0 Å². The first-order valence-corrected chi connectivity index (χ1v) is 10.4. The maximum atomic E-state index is 5.85. The molecular formula is C26H31NO2. The van der Waals surface area contributed by atoms with Gasteiger partial charge in [-0.3, -0.25) is 0 Å². The van der Waals surface area contributed by atoms with E-state index in [2.05, 4.69) is 67.7 Å². The predicted octanol–water partition coefficient (Wildman–Crippen LogP) is 6.35. The fourth-order valence-corrected chi connectivity index (χ4v) is 2.92. The van der Waals surface area contributed by atoms with E-state index in [0.717, 1.165) is 43.2 Å². The van der Waals surface area contributed by atoms with Crippen molar-refractivity contribution >= 4 is 5.69 Å². The lowest BCUT2D eigenvalue weighted by atomic mass is 10.1. The monoisotopic (exact) mass is 389 g/mol. The van der Waals surface area contributed by atoms with E-state index >= 15 is 0 Å². The molecule has 0 spiro atoms. The summed E-state index contributed by atoms with van der Waals surface area (Å²) in [5, 5.41) is 3.45. The van der Waals surface area contributed by atoms with Crippen LogP contribution in [0.5, 0.6) is 11.5 Å². The summed E-state index contributed by atoms with van der Waals surface area (Å²) in [6, 6.07) is 26.9. The highest BCUT2D eigenvalue weighted by Crippen LogP contribution is 2.18. The van der Waals surface area contributed by atoms with Crippen LogP contribution in [-0.2, 0) is 13.0 Å². The van der Waals surface area contributed by atoms with Gasteiger partial charge in [0.15, 0.2) is 0 Å². The molecule has 3 aromatic rings. The molecule has 0 heterocycles. The summed E-state index contributed by atoms with van der Waals surface area (Å²) in [5.41, 5.74) is 3.60. The molecule has 0 atom stereocenters. The van der Waals surface area contributed by atoms with Crippen molar-refractivity contribution in [3.05, 3.63) is 90.0 Å². The molecule has 0 saturated carbocycles. The van der Waals surface area contributed by atoms with Crippen molar-refractivity contribution in [2.75, 3.05) is 18.5 Å². The van der Waals surface area contributed by atoms with Gasteiger partial charge in [0.25, 0.3) is 0 Å². The molecule has 3 heteroatoms. The molecule has 3 aromatic carbocycles. The van der Waals surface area contributed by atoms with Crippen LogP contribution in [0.4, 0.5) is 5.69 Å². The molecule has 3 rings (SSSR count). The third-order valence-corrected chi connectivity index (χ3v) is 4.74. The van der Waals surface area contributed by atoms with E-state index < -0.39 is 0 Å². The maximum Gasteiger partial charge on any atom is 0.119 e. The molecule has 0 saturated heterocycles. The van der Waals surface area contributed by atoms with Crippen LogP contribution in [0.3, 0.4) is 0 Å². The normalized spacial score (nSPS) is 10.7. The van der Waals surface area contributed by atoms with Gasteiger partial charge in [-0.05, 0) is 59.9 Å². The molecule has 152 valence electrons. The van der Waals surface area contributed by atoms with Crippen LogP contribution in [0.2, 0.25) is 0 Å². The third-order valence-electron chi connectivity index (χ3n) is 4.74. The third kappa shape index (κ3) is 7.53. The number of anilines is 1. The average molecular weight is 390 g/mol. The number of ether oxygens (including phenoxy) is 2. The molecular weight excluding hydrogens is 358 g/mol. The van der Waals surface area contributed by atoms with Gasteiger partial charge < -0.3 is 14.8 Å². The number of hydrogen-bond acceptors (Lipinski definition) is 3. The molecule has 0 radical (unpaired) electrons. The van der Waals surface area contributed by atoms with Crippen LogP contribution >= 0.6 is 0 Å². The standard InChI is InChI=1S/C26H31NO2/c1-21(2)16-18-28-26-14-10-24(11-15-26)27-20-23-8-12-25(13-9-23)29-19-17-22-6-4-3-5-7-22/h3-15,21,27H,16-20H2,1-2H3. The molecule has 0 aliphatic rings. The smallest absolute Gasteiger partial charge is 0.119 e. The van der Waals surface area contributed by atoms with Gasteiger partial charge in [0.05, 0.1) is 13.2 Å². The Balaban J connectivity index is 1.39. The lowest BCUT2D eigenvalue weighted by Crippen LogP contribution is -2.03. The Labute approximate surface area is 174 Å². The Morgan fingerprint density at radius 2 is 1.31 bits per heavy atom. The molecule has 0 fully saturated rings. The number of hydrogen-bond donors (Lipinski definition) is 1. The highest BCUT2D eigenvalue weighted by Gasteiger charge is 2.00. The Hall–Kier alpha value is -2.94. The van der Waals surface area contributed by atoms with Gasteiger partial charge in [-0.15, -0.1) is 0 Å². The first kappa shape index (κ1) is 20.8. The summed E-state index contributed by atoms with van der Waals surface area (Å²) in [7, 11) is 0. The van der Waals surface area contributed by atoms with Gasteiger partial charge in [0.1, 0.15) is 11.5 Å². The van der Waals surface area contributed by atoms with Gasteiger partial charge in [0, 0.05) is 18.7 Å². The Morgan fingerprint density at radius 3 is 1.97 bits per heavy atom. The number of benzene rings is 3. The van der Waals surface area contributed by atoms with E-state index in [0.29, 0.717) is 12.5 Å². The Kier molecular flexibility index (Phi) is 8.00. The molecule has 1 N–H and O–H groups in total. The molecule has 0 unspecified atom stereocenters. The molecule has 0 aromatic heterocycles. The second kappa shape index (κ2) is 11.2. The van der Waals surface area contributed by atoms with Crippen molar-refractivity contribution in [1.29, 1.82) is 0 Å².